The highest BCUT2D eigenvalue weighted by Gasteiger charge is 2.24. The number of piperidine rings is 1. The molecule has 2 aromatic rings. The molecule has 0 unspecified atom stereocenters. The minimum absolute atomic E-state index is 0. The molecule has 1 N–H and O–H groups in total. The first-order chi connectivity index (χ1) is 12.0. The summed E-state index contributed by atoms with van der Waals surface area (Å²) >= 11 is 0. The Bertz CT molecular complexity index is 837. The summed E-state index contributed by atoms with van der Waals surface area (Å²) in [4.78, 5) is -0.304. The van der Waals surface area contributed by atoms with E-state index in [9.17, 15) is 12.8 Å². The Morgan fingerprint density at radius 3 is 2.38 bits per heavy atom. The van der Waals surface area contributed by atoms with Crippen molar-refractivity contribution in [2.24, 2.45) is 5.92 Å². The third-order valence-electron chi connectivity index (χ3n) is 4.45. The number of sulfone groups is 1. The van der Waals surface area contributed by atoms with Crippen LogP contribution in [0.1, 0.15) is 12.8 Å². The second-order valence-electron chi connectivity index (χ2n) is 6.40. The zero-order valence-corrected chi connectivity index (χ0v) is 16.2. The fourth-order valence-electron chi connectivity index (χ4n) is 3.11. The molecule has 26 heavy (non-hydrogen) atoms. The van der Waals surface area contributed by atoms with E-state index in [1.54, 1.807) is 30.3 Å². The van der Waals surface area contributed by atoms with E-state index in [-0.39, 0.29) is 23.1 Å². The van der Waals surface area contributed by atoms with Crippen molar-refractivity contribution in [3.05, 3.63) is 48.3 Å². The van der Waals surface area contributed by atoms with Crippen LogP contribution in [0.2, 0.25) is 0 Å². The fraction of sp³-hybridized carbons (Fsp3) is 0.368. The average Bonchev–Trinajstić information content (AvgIpc) is 2.61. The number of halogens is 2. The van der Waals surface area contributed by atoms with Gasteiger partial charge in [-0.1, -0.05) is 30.3 Å². The SMILES string of the molecule is CS(=O)(=O)c1c(-c2ccccc2)ccc(OCC2CCNCC2)c1F.Cl. The van der Waals surface area contributed by atoms with Crippen molar-refractivity contribution < 1.29 is 17.5 Å². The lowest BCUT2D eigenvalue weighted by Crippen LogP contribution is -2.30. The molecule has 4 nitrogen and oxygen atoms in total. The van der Waals surface area contributed by atoms with E-state index in [2.05, 4.69) is 5.32 Å². The number of hydrogen-bond donors (Lipinski definition) is 1. The molecule has 0 spiro atoms. The maximum atomic E-state index is 15.0. The summed E-state index contributed by atoms with van der Waals surface area (Å²) in [6, 6.07) is 12.1. The van der Waals surface area contributed by atoms with Crippen LogP contribution in [-0.2, 0) is 9.84 Å². The Morgan fingerprint density at radius 2 is 1.77 bits per heavy atom. The fourth-order valence-corrected chi connectivity index (χ4v) is 4.12. The second-order valence-corrected chi connectivity index (χ2v) is 8.35. The van der Waals surface area contributed by atoms with Gasteiger partial charge in [0.1, 0.15) is 4.90 Å². The van der Waals surface area contributed by atoms with Crippen molar-refractivity contribution in [3.8, 4) is 16.9 Å². The number of benzene rings is 2. The van der Waals surface area contributed by atoms with E-state index >= 15 is 0 Å². The predicted molar refractivity (Wildman–Crippen MR) is 103 cm³/mol. The van der Waals surface area contributed by atoms with Crippen LogP contribution in [-0.4, -0.2) is 34.4 Å². The number of ether oxygens (including phenoxy) is 1. The summed E-state index contributed by atoms with van der Waals surface area (Å²) in [5.41, 5.74) is 1.02. The van der Waals surface area contributed by atoms with Crippen LogP contribution in [0.3, 0.4) is 0 Å². The molecule has 0 atom stereocenters. The van der Waals surface area contributed by atoms with Crippen LogP contribution in [0, 0.1) is 11.7 Å². The molecular weight excluding hydrogens is 377 g/mol. The molecule has 0 aliphatic carbocycles. The number of rotatable bonds is 5. The van der Waals surface area contributed by atoms with Gasteiger partial charge in [0, 0.05) is 11.8 Å². The molecule has 1 fully saturated rings. The van der Waals surface area contributed by atoms with Gasteiger partial charge in [0.2, 0.25) is 0 Å². The molecule has 1 saturated heterocycles. The lowest BCUT2D eigenvalue weighted by molar-refractivity contribution is 0.207. The highest BCUT2D eigenvalue weighted by molar-refractivity contribution is 7.90. The Balaban J connectivity index is 0.00000243. The third kappa shape index (κ3) is 4.75. The molecule has 1 aliphatic rings. The smallest absolute Gasteiger partial charge is 0.184 e. The Hall–Kier alpha value is -1.63. The van der Waals surface area contributed by atoms with Crippen molar-refractivity contribution in [1.82, 2.24) is 5.32 Å². The molecule has 0 bridgehead atoms. The van der Waals surface area contributed by atoms with Crippen molar-refractivity contribution in [1.29, 1.82) is 0 Å². The Kier molecular flexibility index (Phi) is 7.03. The van der Waals surface area contributed by atoms with Gasteiger partial charge >= 0.3 is 0 Å². The van der Waals surface area contributed by atoms with Crippen molar-refractivity contribution in [3.63, 3.8) is 0 Å². The molecule has 1 heterocycles. The Morgan fingerprint density at radius 1 is 1.12 bits per heavy atom. The van der Waals surface area contributed by atoms with Crippen LogP contribution in [0.5, 0.6) is 5.75 Å². The summed E-state index contributed by atoms with van der Waals surface area (Å²) in [5, 5.41) is 3.27. The Labute approximate surface area is 160 Å². The van der Waals surface area contributed by atoms with Crippen LogP contribution < -0.4 is 10.1 Å². The summed E-state index contributed by atoms with van der Waals surface area (Å²) in [5.74, 6) is -0.451. The van der Waals surface area contributed by atoms with Gasteiger partial charge in [0.15, 0.2) is 21.4 Å². The molecule has 0 amide bonds. The van der Waals surface area contributed by atoms with Crippen molar-refractivity contribution in [2.75, 3.05) is 26.0 Å². The molecule has 1 aliphatic heterocycles. The second kappa shape index (κ2) is 8.84. The number of hydrogen-bond acceptors (Lipinski definition) is 4. The quantitative estimate of drug-likeness (QED) is 0.832. The minimum Gasteiger partial charge on any atom is -0.490 e. The van der Waals surface area contributed by atoms with Crippen molar-refractivity contribution >= 4 is 22.2 Å². The van der Waals surface area contributed by atoms with Crippen LogP contribution >= 0.6 is 12.4 Å². The lowest BCUT2D eigenvalue weighted by atomic mass is 9.99. The predicted octanol–water partition coefficient (Wildman–Crippen LogP) is 3.70. The van der Waals surface area contributed by atoms with Gasteiger partial charge in [-0.25, -0.2) is 12.8 Å². The summed E-state index contributed by atoms with van der Waals surface area (Å²) < 4.78 is 45.0. The van der Waals surface area contributed by atoms with Crippen LogP contribution in [0.25, 0.3) is 11.1 Å². The lowest BCUT2D eigenvalue weighted by Gasteiger charge is -2.23. The van der Waals surface area contributed by atoms with Gasteiger partial charge < -0.3 is 10.1 Å². The van der Waals surface area contributed by atoms with E-state index in [0.717, 1.165) is 32.2 Å². The van der Waals surface area contributed by atoms with E-state index < -0.39 is 15.7 Å². The third-order valence-corrected chi connectivity index (χ3v) is 5.59. The highest BCUT2D eigenvalue weighted by Crippen LogP contribution is 2.34. The average molecular weight is 400 g/mol. The summed E-state index contributed by atoms with van der Waals surface area (Å²) in [7, 11) is -3.74. The zero-order valence-electron chi connectivity index (χ0n) is 14.6. The van der Waals surface area contributed by atoms with Gasteiger partial charge in [-0.15, -0.1) is 12.4 Å². The maximum Gasteiger partial charge on any atom is 0.184 e. The molecule has 0 radical (unpaired) electrons. The first kappa shape index (κ1) is 20.7. The monoisotopic (exact) mass is 399 g/mol. The zero-order chi connectivity index (χ0) is 17.9. The van der Waals surface area contributed by atoms with Crippen LogP contribution in [0.15, 0.2) is 47.4 Å². The normalized spacial score (nSPS) is 15.3. The van der Waals surface area contributed by atoms with E-state index in [1.165, 1.54) is 6.07 Å². The molecule has 2 aromatic carbocycles. The summed E-state index contributed by atoms with van der Waals surface area (Å²) in [6.07, 6.45) is 2.97. The first-order valence-corrected chi connectivity index (χ1v) is 10.3. The van der Waals surface area contributed by atoms with E-state index in [4.69, 9.17) is 4.74 Å². The van der Waals surface area contributed by atoms with Gasteiger partial charge in [0.25, 0.3) is 0 Å². The van der Waals surface area contributed by atoms with Gasteiger partial charge in [-0.2, -0.15) is 0 Å². The largest absolute Gasteiger partial charge is 0.490 e. The molecular formula is C19H23ClFNO3S. The standard InChI is InChI=1S/C19H22FNO3S.ClH/c1-25(22,23)19-16(15-5-3-2-4-6-15)7-8-17(18(19)20)24-13-14-9-11-21-12-10-14;/h2-8,14,21H,9-13H2,1H3;1H. The van der Waals surface area contributed by atoms with E-state index in [1.807, 2.05) is 6.07 Å². The topological polar surface area (TPSA) is 55.4 Å². The van der Waals surface area contributed by atoms with Gasteiger partial charge in [0.05, 0.1) is 6.61 Å². The molecule has 0 aromatic heterocycles. The number of nitrogens with one attached hydrogen (secondary N) is 1. The van der Waals surface area contributed by atoms with Crippen molar-refractivity contribution in [2.45, 2.75) is 17.7 Å². The van der Waals surface area contributed by atoms with E-state index in [0.29, 0.717) is 23.7 Å². The van der Waals surface area contributed by atoms with Gasteiger partial charge in [-0.3, -0.25) is 0 Å². The molecule has 0 saturated carbocycles. The molecule has 7 heteroatoms. The summed E-state index contributed by atoms with van der Waals surface area (Å²) in [6.45, 7) is 2.25. The first-order valence-electron chi connectivity index (χ1n) is 8.38. The minimum atomic E-state index is -3.74. The van der Waals surface area contributed by atoms with Gasteiger partial charge in [-0.05, 0) is 49.5 Å². The molecule has 142 valence electrons. The maximum absolute atomic E-state index is 15.0. The highest BCUT2D eigenvalue weighted by atomic mass is 35.5. The van der Waals surface area contributed by atoms with Crippen LogP contribution in [0.4, 0.5) is 4.39 Å². The molecule has 3 rings (SSSR count).